The molecule has 0 aromatic heterocycles. The molecular formula is C10H16N2O8. The van der Waals surface area contributed by atoms with Crippen LogP contribution in [0.4, 0.5) is 0 Å². The third-order valence-electron chi connectivity index (χ3n) is 2.05. The maximum atomic E-state index is 10.7. The molecule has 0 aromatic carbocycles. The maximum absolute atomic E-state index is 10.7. The first-order valence-corrected chi connectivity index (χ1v) is 5.52. The van der Waals surface area contributed by atoms with Crippen LogP contribution in [0.2, 0.25) is 0 Å². The van der Waals surface area contributed by atoms with E-state index in [2.05, 4.69) is 15.5 Å². The summed E-state index contributed by atoms with van der Waals surface area (Å²) in [6.07, 6.45) is 0.134. The average molecular weight is 292 g/mol. The van der Waals surface area contributed by atoms with Gasteiger partial charge in [0.1, 0.15) is 6.04 Å². The standard InChI is InChI=1S/C10H16N2O8/c13-8(14)2-1-7(20-19)12-4-3-11-6(10(17)18)5-9(15)16/h1,6,11-12,19H,2-5H2,(H,13,14)(H,15,16)(H,17,18)/b7-1+. The molecule has 0 radical (unpaired) electrons. The third kappa shape index (κ3) is 8.72. The van der Waals surface area contributed by atoms with Gasteiger partial charge < -0.3 is 30.8 Å². The molecule has 6 N–H and O–H groups in total. The molecule has 0 aliphatic rings. The van der Waals surface area contributed by atoms with Gasteiger partial charge in [-0.05, 0) is 6.08 Å². The Morgan fingerprint density at radius 3 is 2.20 bits per heavy atom. The highest BCUT2D eigenvalue weighted by Crippen LogP contribution is 1.94. The minimum Gasteiger partial charge on any atom is -0.481 e. The normalized spacial score (nSPS) is 12.6. The lowest BCUT2D eigenvalue weighted by Crippen LogP contribution is -2.41. The number of carboxylic acid groups (broad SMARTS) is 3. The van der Waals surface area contributed by atoms with Crippen LogP contribution in [0.15, 0.2) is 12.0 Å². The van der Waals surface area contributed by atoms with Crippen LogP contribution in [-0.2, 0) is 19.3 Å². The molecule has 1 unspecified atom stereocenters. The van der Waals surface area contributed by atoms with Gasteiger partial charge in [-0.1, -0.05) is 0 Å². The van der Waals surface area contributed by atoms with Crippen molar-refractivity contribution in [1.29, 1.82) is 0 Å². The summed E-state index contributed by atoms with van der Waals surface area (Å²) in [6, 6.07) is -1.24. The number of aliphatic carboxylic acids is 3. The topological polar surface area (TPSA) is 165 Å². The van der Waals surface area contributed by atoms with Crippen LogP contribution in [-0.4, -0.2) is 57.6 Å². The summed E-state index contributed by atoms with van der Waals surface area (Å²) in [5.41, 5.74) is 0. The summed E-state index contributed by atoms with van der Waals surface area (Å²) in [4.78, 5) is 35.3. The smallest absolute Gasteiger partial charge is 0.321 e. The Labute approximate surface area is 113 Å². The first-order valence-electron chi connectivity index (χ1n) is 5.52. The molecule has 0 heterocycles. The van der Waals surface area contributed by atoms with Gasteiger partial charge in [-0.3, -0.25) is 14.4 Å². The fourth-order valence-electron chi connectivity index (χ4n) is 1.18. The second-order valence-corrected chi connectivity index (χ2v) is 3.63. The van der Waals surface area contributed by atoms with E-state index in [0.29, 0.717) is 0 Å². The summed E-state index contributed by atoms with van der Waals surface area (Å²) in [6.45, 7) is 0.160. The van der Waals surface area contributed by atoms with Crippen LogP contribution in [0.1, 0.15) is 12.8 Å². The van der Waals surface area contributed by atoms with Gasteiger partial charge >= 0.3 is 17.9 Å². The highest BCUT2D eigenvalue weighted by molar-refractivity contribution is 5.80. The van der Waals surface area contributed by atoms with E-state index < -0.39 is 30.4 Å². The first kappa shape index (κ1) is 17.7. The number of hydrogen-bond donors (Lipinski definition) is 6. The minimum atomic E-state index is -1.30. The molecule has 0 saturated heterocycles. The minimum absolute atomic E-state index is 0.0675. The first-order chi connectivity index (χ1) is 9.36. The molecule has 10 heteroatoms. The van der Waals surface area contributed by atoms with E-state index in [1.54, 1.807) is 0 Å². The second kappa shape index (κ2) is 9.58. The number of rotatable bonds is 11. The Balaban J connectivity index is 4.08. The Morgan fingerprint density at radius 1 is 1.10 bits per heavy atom. The lowest BCUT2D eigenvalue weighted by Gasteiger charge is -2.13. The lowest BCUT2D eigenvalue weighted by molar-refractivity contribution is -0.209. The molecular weight excluding hydrogens is 276 g/mol. The zero-order valence-corrected chi connectivity index (χ0v) is 10.4. The highest BCUT2D eigenvalue weighted by atomic mass is 17.1. The van der Waals surface area contributed by atoms with Crippen LogP contribution in [0.25, 0.3) is 0 Å². The van der Waals surface area contributed by atoms with Gasteiger partial charge in [0.25, 0.3) is 0 Å². The van der Waals surface area contributed by atoms with E-state index >= 15 is 0 Å². The van der Waals surface area contributed by atoms with Crippen molar-refractivity contribution in [2.24, 2.45) is 0 Å². The van der Waals surface area contributed by atoms with Gasteiger partial charge in [0.2, 0.25) is 5.88 Å². The summed E-state index contributed by atoms with van der Waals surface area (Å²) in [5.74, 6) is -3.86. The summed E-state index contributed by atoms with van der Waals surface area (Å²) >= 11 is 0. The van der Waals surface area contributed by atoms with Crippen molar-refractivity contribution in [2.75, 3.05) is 13.1 Å². The predicted octanol–water partition coefficient (Wildman–Crippen LogP) is -1.10. The van der Waals surface area contributed by atoms with Gasteiger partial charge in [0.15, 0.2) is 0 Å². The van der Waals surface area contributed by atoms with Gasteiger partial charge in [-0.25, -0.2) is 5.26 Å². The Morgan fingerprint density at radius 2 is 1.75 bits per heavy atom. The third-order valence-corrected chi connectivity index (χ3v) is 2.05. The number of carbonyl (C=O) groups is 3. The van der Waals surface area contributed by atoms with Crippen LogP contribution in [0, 0.1) is 0 Å². The van der Waals surface area contributed by atoms with Crippen molar-refractivity contribution in [3.8, 4) is 0 Å². The molecule has 114 valence electrons. The van der Waals surface area contributed by atoms with Crippen LogP contribution >= 0.6 is 0 Å². The number of hydrogen-bond acceptors (Lipinski definition) is 7. The molecule has 0 amide bonds. The van der Waals surface area contributed by atoms with Crippen LogP contribution in [0.3, 0.4) is 0 Å². The molecule has 0 bridgehead atoms. The second-order valence-electron chi connectivity index (χ2n) is 3.63. The fourth-order valence-corrected chi connectivity index (χ4v) is 1.18. The fraction of sp³-hybridized carbons (Fsp3) is 0.500. The number of carboxylic acids is 3. The van der Waals surface area contributed by atoms with E-state index in [1.165, 1.54) is 0 Å². The van der Waals surface area contributed by atoms with Crippen LogP contribution in [0.5, 0.6) is 0 Å². The molecule has 0 spiro atoms. The predicted molar refractivity (Wildman–Crippen MR) is 63.7 cm³/mol. The van der Waals surface area contributed by atoms with Crippen LogP contribution < -0.4 is 10.6 Å². The van der Waals surface area contributed by atoms with Crippen molar-refractivity contribution in [3.63, 3.8) is 0 Å². The quantitative estimate of drug-likeness (QED) is 0.119. The molecule has 10 nitrogen and oxygen atoms in total. The SMILES string of the molecule is O=C(O)C/C=C(\NCCNC(CC(=O)O)C(=O)O)OO. The Kier molecular flexibility index (Phi) is 8.46. The summed E-state index contributed by atoms with van der Waals surface area (Å²) in [5, 5.41) is 39.0. The van der Waals surface area contributed by atoms with E-state index in [-0.39, 0.29) is 25.4 Å². The molecule has 0 aliphatic heterocycles. The molecule has 1 atom stereocenters. The van der Waals surface area contributed by atoms with Crippen molar-refractivity contribution < 1.29 is 39.8 Å². The van der Waals surface area contributed by atoms with Gasteiger partial charge in [0.05, 0.1) is 12.8 Å². The van der Waals surface area contributed by atoms with Gasteiger partial charge in [-0.15, -0.1) is 0 Å². The van der Waals surface area contributed by atoms with Crippen molar-refractivity contribution in [1.82, 2.24) is 10.6 Å². The van der Waals surface area contributed by atoms with E-state index in [0.717, 1.165) is 6.08 Å². The van der Waals surface area contributed by atoms with Crippen molar-refractivity contribution >= 4 is 17.9 Å². The summed E-state index contributed by atoms with van der Waals surface area (Å²) in [7, 11) is 0. The van der Waals surface area contributed by atoms with Crippen molar-refractivity contribution in [3.05, 3.63) is 12.0 Å². The molecule has 0 aromatic rings. The Hall–Kier alpha value is -2.33. The zero-order chi connectivity index (χ0) is 15.5. The zero-order valence-electron chi connectivity index (χ0n) is 10.4. The highest BCUT2D eigenvalue weighted by Gasteiger charge is 2.19. The average Bonchev–Trinajstić information content (AvgIpc) is 2.35. The molecule has 0 saturated carbocycles. The maximum Gasteiger partial charge on any atom is 0.321 e. The molecule has 20 heavy (non-hydrogen) atoms. The van der Waals surface area contributed by atoms with E-state index in [9.17, 15) is 14.4 Å². The van der Waals surface area contributed by atoms with E-state index in [4.69, 9.17) is 20.6 Å². The largest absolute Gasteiger partial charge is 0.481 e. The van der Waals surface area contributed by atoms with E-state index in [1.807, 2.05) is 0 Å². The lowest BCUT2D eigenvalue weighted by atomic mass is 10.2. The number of nitrogens with one attached hydrogen (secondary N) is 2. The molecule has 0 aliphatic carbocycles. The molecule has 0 fully saturated rings. The monoisotopic (exact) mass is 292 g/mol. The van der Waals surface area contributed by atoms with Gasteiger partial charge in [0, 0.05) is 13.1 Å². The van der Waals surface area contributed by atoms with Gasteiger partial charge in [-0.2, -0.15) is 0 Å². The Bertz CT molecular complexity index is 381. The van der Waals surface area contributed by atoms with Crippen molar-refractivity contribution in [2.45, 2.75) is 18.9 Å². The summed E-state index contributed by atoms with van der Waals surface area (Å²) < 4.78 is 0. The molecule has 0 rings (SSSR count).